The van der Waals surface area contributed by atoms with E-state index < -0.39 is 11.7 Å². The number of benzene rings is 3. The van der Waals surface area contributed by atoms with Crippen molar-refractivity contribution >= 4 is 57.7 Å². The summed E-state index contributed by atoms with van der Waals surface area (Å²) < 4.78 is 13.5. The van der Waals surface area contributed by atoms with Crippen molar-refractivity contribution in [3.05, 3.63) is 97.5 Å². The van der Waals surface area contributed by atoms with E-state index in [1.165, 1.54) is 18.2 Å². The van der Waals surface area contributed by atoms with Gasteiger partial charge in [-0.1, -0.05) is 41.4 Å². The van der Waals surface area contributed by atoms with Crippen molar-refractivity contribution in [1.82, 2.24) is 4.98 Å². The number of thiazole rings is 1. The first kappa shape index (κ1) is 23.5. The van der Waals surface area contributed by atoms with E-state index in [0.717, 1.165) is 32.9 Å². The number of hydrogen-bond acceptors (Lipinski definition) is 4. The Balaban J connectivity index is 1.42. The van der Waals surface area contributed by atoms with Crippen molar-refractivity contribution in [1.29, 1.82) is 0 Å². The van der Waals surface area contributed by atoms with Crippen LogP contribution in [0.15, 0.2) is 60.7 Å². The Morgan fingerprint density at radius 3 is 2.63 bits per heavy atom. The van der Waals surface area contributed by atoms with Crippen molar-refractivity contribution in [3.8, 4) is 11.3 Å². The SMILES string of the molecule is Cc1nc2c(s1)CCN(C(=O)c1ccc(NC(=O)c3cc(F)ccc3Cl)cc1Cl)c1ccccc1-2. The number of fused-ring (bicyclic) bond motifs is 3. The summed E-state index contributed by atoms with van der Waals surface area (Å²) >= 11 is 14.2. The molecule has 176 valence electrons. The predicted octanol–water partition coefficient (Wildman–Crippen LogP) is 7.02. The van der Waals surface area contributed by atoms with Gasteiger partial charge >= 0.3 is 0 Å². The minimum Gasteiger partial charge on any atom is -0.322 e. The maximum Gasteiger partial charge on any atom is 0.259 e. The molecule has 1 aromatic heterocycles. The normalized spacial score (nSPS) is 12.5. The van der Waals surface area contributed by atoms with E-state index in [-0.39, 0.29) is 21.5 Å². The second-order valence-corrected chi connectivity index (χ2v) is 10.1. The number of aryl methyl sites for hydroxylation is 1. The maximum atomic E-state index is 13.6. The summed E-state index contributed by atoms with van der Waals surface area (Å²) in [5.41, 5.74) is 3.26. The third kappa shape index (κ3) is 4.55. The third-order valence-corrected chi connectivity index (χ3v) is 7.37. The van der Waals surface area contributed by atoms with Gasteiger partial charge < -0.3 is 10.2 Å². The number of nitrogens with one attached hydrogen (secondary N) is 1. The van der Waals surface area contributed by atoms with Gasteiger partial charge in [0.15, 0.2) is 0 Å². The van der Waals surface area contributed by atoms with Crippen molar-refractivity contribution < 1.29 is 14.0 Å². The summed E-state index contributed by atoms with van der Waals surface area (Å²) in [5, 5.41) is 3.95. The Morgan fingerprint density at radius 1 is 1.03 bits per heavy atom. The van der Waals surface area contributed by atoms with Crippen LogP contribution in [0.5, 0.6) is 0 Å². The minimum absolute atomic E-state index is 0.000398. The average Bonchev–Trinajstić information content (AvgIpc) is 3.14. The Hall–Kier alpha value is -3.26. The van der Waals surface area contributed by atoms with Gasteiger partial charge in [-0.05, 0) is 49.4 Å². The maximum absolute atomic E-state index is 13.6. The molecule has 4 aromatic rings. The quantitative estimate of drug-likeness (QED) is 0.312. The largest absolute Gasteiger partial charge is 0.322 e. The van der Waals surface area contributed by atoms with Crippen LogP contribution in [-0.2, 0) is 6.42 Å². The summed E-state index contributed by atoms with van der Waals surface area (Å²) in [7, 11) is 0. The van der Waals surface area contributed by atoms with E-state index in [4.69, 9.17) is 28.2 Å². The van der Waals surface area contributed by atoms with E-state index in [1.807, 2.05) is 31.2 Å². The second-order valence-electron chi connectivity index (χ2n) is 8.00. The van der Waals surface area contributed by atoms with Crippen LogP contribution < -0.4 is 10.2 Å². The van der Waals surface area contributed by atoms with E-state index in [1.54, 1.807) is 28.4 Å². The van der Waals surface area contributed by atoms with Gasteiger partial charge in [0.25, 0.3) is 11.8 Å². The number of para-hydroxylation sites is 1. The lowest BCUT2D eigenvalue weighted by molar-refractivity contribution is 0.0986. The molecule has 1 N–H and O–H groups in total. The molecule has 0 unspecified atom stereocenters. The molecular weight excluding hydrogens is 508 g/mol. The first-order valence-electron chi connectivity index (χ1n) is 10.8. The van der Waals surface area contributed by atoms with Crippen LogP contribution in [0.25, 0.3) is 11.3 Å². The van der Waals surface area contributed by atoms with Gasteiger partial charge in [0.1, 0.15) is 5.82 Å². The predicted molar refractivity (Wildman–Crippen MR) is 138 cm³/mol. The number of carbonyl (C=O) groups excluding carboxylic acids is 2. The molecule has 0 atom stereocenters. The molecule has 9 heteroatoms. The van der Waals surface area contributed by atoms with Gasteiger partial charge in [-0.25, -0.2) is 9.37 Å². The van der Waals surface area contributed by atoms with Crippen LogP contribution in [0.1, 0.15) is 30.6 Å². The van der Waals surface area contributed by atoms with Gasteiger partial charge in [0.2, 0.25) is 0 Å². The third-order valence-electron chi connectivity index (χ3n) is 5.69. The standard InChI is InChI=1S/C26H18Cl2FN3O2S/c1-14-30-24-18-4-2-3-5-22(18)32(11-10-23(24)35-14)26(34)17-8-7-16(13-21(17)28)31-25(33)19-12-15(29)6-9-20(19)27/h2-9,12-13H,10-11H2,1H3,(H,31,33). The molecule has 2 amide bonds. The van der Waals surface area contributed by atoms with Crippen molar-refractivity contribution in [3.63, 3.8) is 0 Å². The summed E-state index contributed by atoms with van der Waals surface area (Å²) in [4.78, 5) is 33.7. The lowest BCUT2D eigenvalue weighted by Gasteiger charge is -2.23. The highest BCUT2D eigenvalue weighted by Crippen LogP contribution is 2.39. The Bertz CT molecular complexity index is 1490. The van der Waals surface area contributed by atoms with Gasteiger partial charge in [0, 0.05) is 29.1 Å². The van der Waals surface area contributed by atoms with Crippen LogP contribution in [0.2, 0.25) is 10.0 Å². The molecular formula is C26H18Cl2FN3O2S. The molecule has 0 spiro atoms. The number of halogens is 3. The first-order chi connectivity index (χ1) is 16.8. The monoisotopic (exact) mass is 525 g/mol. The topological polar surface area (TPSA) is 62.3 Å². The van der Waals surface area contributed by atoms with Crippen molar-refractivity contribution in [2.45, 2.75) is 13.3 Å². The van der Waals surface area contributed by atoms with Crippen LogP contribution >= 0.6 is 34.5 Å². The second kappa shape index (κ2) is 9.41. The molecule has 0 saturated carbocycles. The number of nitrogens with zero attached hydrogens (tertiary/aromatic N) is 2. The van der Waals surface area contributed by atoms with Crippen LogP contribution in [0, 0.1) is 12.7 Å². The molecule has 0 aliphatic carbocycles. The average molecular weight is 526 g/mol. The fraction of sp³-hybridized carbons (Fsp3) is 0.115. The van der Waals surface area contributed by atoms with Crippen molar-refractivity contribution in [2.24, 2.45) is 0 Å². The summed E-state index contributed by atoms with van der Waals surface area (Å²) in [5.74, 6) is -1.41. The lowest BCUT2D eigenvalue weighted by atomic mass is 10.1. The molecule has 0 saturated heterocycles. The molecule has 0 bridgehead atoms. The number of anilines is 2. The van der Waals surface area contributed by atoms with E-state index in [0.29, 0.717) is 24.2 Å². The van der Waals surface area contributed by atoms with E-state index >= 15 is 0 Å². The van der Waals surface area contributed by atoms with Gasteiger partial charge in [-0.15, -0.1) is 11.3 Å². The zero-order chi connectivity index (χ0) is 24.7. The number of hydrogen-bond donors (Lipinski definition) is 1. The number of aromatic nitrogens is 1. The molecule has 1 aliphatic heterocycles. The van der Waals surface area contributed by atoms with E-state index in [9.17, 15) is 14.0 Å². The van der Waals surface area contributed by atoms with Crippen molar-refractivity contribution in [2.75, 3.05) is 16.8 Å². The van der Waals surface area contributed by atoms with Crippen LogP contribution in [0.4, 0.5) is 15.8 Å². The van der Waals surface area contributed by atoms with Crippen LogP contribution in [0.3, 0.4) is 0 Å². The highest BCUT2D eigenvalue weighted by atomic mass is 35.5. The van der Waals surface area contributed by atoms with Gasteiger partial charge in [-0.2, -0.15) is 0 Å². The smallest absolute Gasteiger partial charge is 0.259 e. The first-order valence-corrected chi connectivity index (χ1v) is 12.3. The summed E-state index contributed by atoms with van der Waals surface area (Å²) in [6.45, 7) is 2.46. The Morgan fingerprint density at radius 2 is 1.83 bits per heavy atom. The molecule has 0 fully saturated rings. The molecule has 0 radical (unpaired) electrons. The van der Waals surface area contributed by atoms with Gasteiger partial charge in [-0.3, -0.25) is 9.59 Å². The van der Waals surface area contributed by atoms with Crippen LogP contribution in [-0.4, -0.2) is 23.3 Å². The molecule has 5 rings (SSSR count). The Kier molecular flexibility index (Phi) is 6.32. The summed E-state index contributed by atoms with van der Waals surface area (Å²) in [6, 6.07) is 15.9. The molecule has 2 heterocycles. The molecule has 35 heavy (non-hydrogen) atoms. The van der Waals surface area contributed by atoms with Gasteiger partial charge in [0.05, 0.1) is 37.6 Å². The number of amides is 2. The number of carbonyl (C=O) groups is 2. The zero-order valence-corrected chi connectivity index (χ0v) is 20.8. The fourth-order valence-electron chi connectivity index (χ4n) is 4.08. The highest BCUT2D eigenvalue weighted by molar-refractivity contribution is 7.12. The fourth-order valence-corrected chi connectivity index (χ4v) is 5.49. The molecule has 5 nitrogen and oxygen atoms in total. The number of rotatable bonds is 3. The van der Waals surface area contributed by atoms with E-state index in [2.05, 4.69) is 5.32 Å². The summed E-state index contributed by atoms with van der Waals surface area (Å²) in [6.07, 6.45) is 0.682. The zero-order valence-electron chi connectivity index (χ0n) is 18.4. The lowest BCUT2D eigenvalue weighted by Crippen LogP contribution is -2.32. The minimum atomic E-state index is -0.583. The molecule has 1 aliphatic rings. The Labute approximate surface area is 215 Å². The molecule has 3 aromatic carbocycles. The highest BCUT2D eigenvalue weighted by Gasteiger charge is 2.28.